The zero-order valence-electron chi connectivity index (χ0n) is 13.2. The molecular weight excluding hydrogens is 324 g/mol. The van der Waals surface area contributed by atoms with E-state index in [1.54, 1.807) is 12.1 Å². The van der Waals surface area contributed by atoms with Crippen LogP contribution in [0, 0.1) is 0 Å². The van der Waals surface area contributed by atoms with Crippen LogP contribution in [0.15, 0.2) is 54.6 Å². The van der Waals surface area contributed by atoms with Crippen molar-refractivity contribution < 1.29 is 9.53 Å². The van der Waals surface area contributed by atoms with Crippen LogP contribution in [0.1, 0.15) is 5.56 Å². The standard InChI is InChI=1S/C19H19ClN2O2/c20-17-14-16(7-8-18(17)22-10-12-24-13-11-22)21-19(23)9-6-15-4-2-1-3-5-15/h1-9,14H,10-13H2,(H,21,23). The number of ether oxygens (including phenoxy) is 1. The Morgan fingerprint density at radius 3 is 2.58 bits per heavy atom. The van der Waals surface area contributed by atoms with Crippen LogP contribution in [-0.4, -0.2) is 32.2 Å². The first-order chi connectivity index (χ1) is 11.7. The second kappa shape index (κ2) is 7.99. The molecular formula is C19H19ClN2O2. The smallest absolute Gasteiger partial charge is 0.248 e. The van der Waals surface area contributed by atoms with Crippen LogP contribution in [0.5, 0.6) is 0 Å². The fourth-order valence-corrected chi connectivity index (χ4v) is 2.87. The van der Waals surface area contributed by atoms with Gasteiger partial charge < -0.3 is 15.0 Å². The van der Waals surface area contributed by atoms with E-state index in [9.17, 15) is 4.79 Å². The van der Waals surface area contributed by atoms with Crippen molar-refractivity contribution in [3.63, 3.8) is 0 Å². The number of anilines is 2. The Bertz CT molecular complexity index is 725. The first-order valence-corrected chi connectivity index (χ1v) is 8.26. The Morgan fingerprint density at radius 2 is 1.88 bits per heavy atom. The molecule has 2 aromatic rings. The number of morpholine rings is 1. The summed E-state index contributed by atoms with van der Waals surface area (Å²) >= 11 is 6.37. The summed E-state index contributed by atoms with van der Waals surface area (Å²) in [5.74, 6) is -0.186. The van der Waals surface area contributed by atoms with Crippen molar-refractivity contribution in [3.05, 3.63) is 65.2 Å². The number of nitrogens with one attached hydrogen (secondary N) is 1. The van der Waals surface area contributed by atoms with Crippen LogP contribution >= 0.6 is 11.6 Å². The highest BCUT2D eigenvalue weighted by molar-refractivity contribution is 6.33. The summed E-state index contributed by atoms with van der Waals surface area (Å²) in [4.78, 5) is 14.2. The van der Waals surface area contributed by atoms with Gasteiger partial charge in [-0.25, -0.2) is 0 Å². The molecule has 0 spiro atoms. The SMILES string of the molecule is O=C(C=Cc1ccccc1)Nc1ccc(N2CCOCC2)c(Cl)c1. The average molecular weight is 343 g/mol. The third-order valence-electron chi connectivity index (χ3n) is 3.79. The molecule has 0 aromatic heterocycles. The molecule has 24 heavy (non-hydrogen) atoms. The second-order valence-electron chi connectivity index (χ2n) is 5.50. The summed E-state index contributed by atoms with van der Waals surface area (Å²) in [6.07, 6.45) is 3.29. The number of halogens is 1. The zero-order chi connectivity index (χ0) is 16.8. The lowest BCUT2D eigenvalue weighted by atomic mass is 10.2. The van der Waals surface area contributed by atoms with Gasteiger partial charge in [0.05, 0.1) is 23.9 Å². The monoisotopic (exact) mass is 342 g/mol. The minimum atomic E-state index is -0.186. The van der Waals surface area contributed by atoms with E-state index in [0.29, 0.717) is 23.9 Å². The molecule has 5 heteroatoms. The Labute approximate surface area is 146 Å². The highest BCUT2D eigenvalue weighted by Crippen LogP contribution is 2.29. The van der Waals surface area contributed by atoms with Gasteiger partial charge in [0.25, 0.3) is 0 Å². The van der Waals surface area contributed by atoms with E-state index in [0.717, 1.165) is 24.3 Å². The van der Waals surface area contributed by atoms with Gasteiger partial charge in [0.1, 0.15) is 0 Å². The van der Waals surface area contributed by atoms with Gasteiger partial charge in [-0.1, -0.05) is 41.9 Å². The summed E-state index contributed by atoms with van der Waals surface area (Å²) in [6.45, 7) is 3.06. The van der Waals surface area contributed by atoms with Gasteiger partial charge in [0.2, 0.25) is 5.91 Å². The van der Waals surface area contributed by atoms with Gasteiger partial charge >= 0.3 is 0 Å². The van der Waals surface area contributed by atoms with Crippen LogP contribution in [0.4, 0.5) is 11.4 Å². The molecule has 0 radical (unpaired) electrons. The summed E-state index contributed by atoms with van der Waals surface area (Å²) in [6, 6.07) is 15.3. The van der Waals surface area contributed by atoms with Crippen LogP contribution in [0.3, 0.4) is 0 Å². The summed E-state index contributed by atoms with van der Waals surface area (Å²) < 4.78 is 5.35. The number of nitrogens with zero attached hydrogens (tertiary/aromatic N) is 1. The topological polar surface area (TPSA) is 41.6 Å². The third-order valence-corrected chi connectivity index (χ3v) is 4.10. The average Bonchev–Trinajstić information content (AvgIpc) is 2.62. The molecule has 1 fully saturated rings. The summed E-state index contributed by atoms with van der Waals surface area (Å²) in [5, 5.41) is 3.46. The fourth-order valence-electron chi connectivity index (χ4n) is 2.57. The molecule has 124 valence electrons. The Morgan fingerprint density at radius 1 is 1.12 bits per heavy atom. The van der Waals surface area contributed by atoms with Gasteiger partial charge in [-0.05, 0) is 29.8 Å². The number of hydrogen-bond donors (Lipinski definition) is 1. The maximum Gasteiger partial charge on any atom is 0.248 e. The molecule has 0 atom stereocenters. The lowest BCUT2D eigenvalue weighted by molar-refractivity contribution is -0.111. The van der Waals surface area contributed by atoms with Crippen molar-refractivity contribution >= 4 is 35.0 Å². The minimum absolute atomic E-state index is 0.186. The van der Waals surface area contributed by atoms with Crippen molar-refractivity contribution in [2.75, 3.05) is 36.5 Å². The molecule has 0 aliphatic carbocycles. The zero-order valence-corrected chi connectivity index (χ0v) is 14.0. The Kier molecular flexibility index (Phi) is 5.51. The molecule has 3 rings (SSSR count). The molecule has 0 unspecified atom stereocenters. The molecule has 0 saturated carbocycles. The first kappa shape index (κ1) is 16.6. The number of rotatable bonds is 4. The van der Waals surface area contributed by atoms with Gasteiger partial charge in [0.15, 0.2) is 0 Å². The van der Waals surface area contributed by atoms with Gasteiger partial charge in [-0.3, -0.25) is 4.79 Å². The van der Waals surface area contributed by atoms with E-state index in [1.165, 1.54) is 6.08 Å². The fraction of sp³-hybridized carbons (Fsp3) is 0.211. The molecule has 1 heterocycles. The van der Waals surface area contributed by atoms with Crippen LogP contribution < -0.4 is 10.2 Å². The molecule has 1 aliphatic heterocycles. The van der Waals surface area contributed by atoms with Crippen molar-refractivity contribution in [3.8, 4) is 0 Å². The van der Waals surface area contributed by atoms with Gasteiger partial charge in [-0.2, -0.15) is 0 Å². The highest BCUT2D eigenvalue weighted by atomic mass is 35.5. The van der Waals surface area contributed by atoms with Crippen LogP contribution in [0.2, 0.25) is 5.02 Å². The van der Waals surface area contributed by atoms with E-state index in [4.69, 9.17) is 16.3 Å². The molecule has 1 aliphatic rings. The molecule has 1 N–H and O–H groups in total. The first-order valence-electron chi connectivity index (χ1n) is 7.89. The Balaban J connectivity index is 1.64. The van der Waals surface area contributed by atoms with E-state index in [2.05, 4.69) is 10.2 Å². The lowest BCUT2D eigenvalue weighted by Gasteiger charge is -2.29. The number of amides is 1. The normalized spacial score (nSPS) is 14.8. The highest BCUT2D eigenvalue weighted by Gasteiger charge is 2.14. The van der Waals surface area contributed by atoms with E-state index >= 15 is 0 Å². The number of hydrogen-bond acceptors (Lipinski definition) is 3. The maximum atomic E-state index is 12.0. The largest absolute Gasteiger partial charge is 0.378 e. The molecule has 2 aromatic carbocycles. The Hall–Kier alpha value is -2.30. The van der Waals surface area contributed by atoms with E-state index in [-0.39, 0.29) is 5.91 Å². The molecule has 4 nitrogen and oxygen atoms in total. The predicted molar refractivity (Wildman–Crippen MR) is 98.6 cm³/mol. The number of carbonyl (C=O) groups excluding carboxylic acids is 1. The molecule has 1 saturated heterocycles. The van der Waals surface area contributed by atoms with Crippen molar-refractivity contribution in [1.29, 1.82) is 0 Å². The third kappa shape index (κ3) is 4.37. The van der Waals surface area contributed by atoms with Crippen LogP contribution in [0.25, 0.3) is 6.08 Å². The van der Waals surface area contributed by atoms with Crippen molar-refractivity contribution in [1.82, 2.24) is 0 Å². The summed E-state index contributed by atoms with van der Waals surface area (Å²) in [5.41, 5.74) is 2.63. The van der Waals surface area contributed by atoms with E-state index < -0.39 is 0 Å². The summed E-state index contributed by atoms with van der Waals surface area (Å²) in [7, 11) is 0. The number of benzene rings is 2. The van der Waals surface area contributed by atoms with Crippen molar-refractivity contribution in [2.24, 2.45) is 0 Å². The number of carbonyl (C=O) groups is 1. The van der Waals surface area contributed by atoms with Gasteiger partial charge in [-0.15, -0.1) is 0 Å². The van der Waals surface area contributed by atoms with Crippen molar-refractivity contribution in [2.45, 2.75) is 0 Å². The van der Waals surface area contributed by atoms with E-state index in [1.807, 2.05) is 42.5 Å². The predicted octanol–water partition coefficient (Wildman–Crippen LogP) is 3.83. The molecule has 0 bridgehead atoms. The van der Waals surface area contributed by atoms with Gasteiger partial charge in [0, 0.05) is 24.9 Å². The quantitative estimate of drug-likeness (QED) is 0.859. The minimum Gasteiger partial charge on any atom is -0.378 e. The molecule has 1 amide bonds. The van der Waals surface area contributed by atoms with Crippen LogP contribution in [-0.2, 0) is 9.53 Å². The second-order valence-corrected chi connectivity index (χ2v) is 5.91. The lowest BCUT2D eigenvalue weighted by Crippen LogP contribution is -2.36. The maximum absolute atomic E-state index is 12.0.